The minimum atomic E-state index is 0.0734. The zero-order valence-corrected chi connectivity index (χ0v) is 14.2. The maximum absolute atomic E-state index is 5.40. The first-order chi connectivity index (χ1) is 11.1. The van der Waals surface area contributed by atoms with Crippen molar-refractivity contribution in [2.45, 2.75) is 33.4 Å². The molecule has 1 aromatic carbocycles. The SMILES string of the molecule is CCn1cc([C@H](C)NC(=S)Nc2ccc3c(c2)OCO3)c(C)n1. The van der Waals surface area contributed by atoms with Gasteiger partial charge in [-0.3, -0.25) is 4.68 Å². The van der Waals surface area contributed by atoms with Gasteiger partial charge in [0.1, 0.15) is 0 Å². The third-order valence-corrected chi connectivity index (χ3v) is 3.97. The van der Waals surface area contributed by atoms with Crippen molar-refractivity contribution < 1.29 is 9.47 Å². The molecule has 3 rings (SSSR count). The molecule has 1 aromatic heterocycles. The minimum absolute atomic E-state index is 0.0734. The summed E-state index contributed by atoms with van der Waals surface area (Å²) in [7, 11) is 0. The molecule has 6 nitrogen and oxygen atoms in total. The van der Waals surface area contributed by atoms with Crippen molar-refractivity contribution in [3.63, 3.8) is 0 Å². The molecule has 0 saturated heterocycles. The third-order valence-electron chi connectivity index (χ3n) is 3.75. The Balaban J connectivity index is 1.63. The van der Waals surface area contributed by atoms with Crippen molar-refractivity contribution in [2.75, 3.05) is 12.1 Å². The number of aromatic nitrogens is 2. The van der Waals surface area contributed by atoms with Crippen molar-refractivity contribution >= 4 is 23.0 Å². The molecule has 0 unspecified atom stereocenters. The van der Waals surface area contributed by atoms with Crippen molar-refractivity contribution in [1.82, 2.24) is 15.1 Å². The average molecular weight is 332 g/mol. The Morgan fingerprint density at radius 1 is 1.39 bits per heavy atom. The number of ether oxygens (including phenoxy) is 2. The number of nitrogens with zero attached hydrogens (tertiary/aromatic N) is 2. The van der Waals surface area contributed by atoms with Crippen molar-refractivity contribution in [2.24, 2.45) is 0 Å². The van der Waals surface area contributed by atoms with E-state index in [0.717, 1.165) is 35.0 Å². The molecule has 0 fully saturated rings. The third kappa shape index (κ3) is 3.39. The molecule has 0 bridgehead atoms. The summed E-state index contributed by atoms with van der Waals surface area (Å²) in [5.41, 5.74) is 3.01. The van der Waals surface area contributed by atoms with Gasteiger partial charge in [-0.1, -0.05) is 0 Å². The van der Waals surface area contributed by atoms with Crippen molar-refractivity contribution in [3.8, 4) is 11.5 Å². The maximum atomic E-state index is 5.40. The van der Waals surface area contributed by atoms with E-state index < -0.39 is 0 Å². The molecule has 1 aliphatic rings. The molecule has 2 N–H and O–H groups in total. The topological polar surface area (TPSA) is 60.3 Å². The van der Waals surface area contributed by atoms with Crippen LogP contribution in [0.1, 0.15) is 31.1 Å². The number of anilines is 1. The fourth-order valence-corrected chi connectivity index (χ4v) is 2.83. The number of hydrogen-bond acceptors (Lipinski definition) is 4. The van der Waals surface area contributed by atoms with E-state index >= 15 is 0 Å². The van der Waals surface area contributed by atoms with E-state index in [2.05, 4.69) is 35.8 Å². The molecule has 0 aliphatic carbocycles. The van der Waals surface area contributed by atoms with Crippen LogP contribution in [0, 0.1) is 6.92 Å². The summed E-state index contributed by atoms with van der Waals surface area (Å²) in [6.45, 7) is 7.26. The number of hydrogen-bond donors (Lipinski definition) is 2. The molecule has 7 heteroatoms. The van der Waals surface area contributed by atoms with Gasteiger partial charge >= 0.3 is 0 Å². The average Bonchev–Trinajstić information content (AvgIpc) is 3.12. The Morgan fingerprint density at radius 3 is 2.91 bits per heavy atom. The molecule has 0 radical (unpaired) electrons. The van der Waals surface area contributed by atoms with E-state index in [1.54, 1.807) is 0 Å². The summed E-state index contributed by atoms with van der Waals surface area (Å²) in [4.78, 5) is 0. The lowest BCUT2D eigenvalue weighted by molar-refractivity contribution is 0.174. The quantitative estimate of drug-likeness (QED) is 0.840. The lowest BCUT2D eigenvalue weighted by Crippen LogP contribution is -2.31. The van der Waals surface area contributed by atoms with Gasteiger partial charge in [-0.2, -0.15) is 5.10 Å². The molecular formula is C16H20N4O2S. The van der Waals surface area contributed by atoms with Gasteiger partial charge in [0.2, 0.25) is 6.79 Å². The highest BCUT2D eigenvalue weighted by Crippen LogP contribution is 2.34. The number of nitrogens with one attached hydrogen (secondary N) is 2. The molecule has 0 amide bonds. The van der Waals surface area contributed by atoms with E-state index in [-0.39, 0.29) is 12.8 Å². The van der Waals surface area contributed by atoms with Crippen LogP contribution in [0.15, 0.2) is 24.4 Å². The summed E-state index contributed by atoms with van der Waals surface area (Å²) >= 11 is 5.40. The van der Waals surface area contributed by atoms with Gasteiger partial charge in [-0.15, -0.1) is 0 Å². The van der Waals surface area contributed by atoms with E-state index in [4.69, 9.17) is 21.7 Å². The molecule has 122 valence electrons. The summed E-state index contributed by atoms with van der Waals surface area (Å²) in [6.07, 6.45) is 2.05. The Bertz CT molecular complexity index is 729. The highest BCUT2D eigenvalue weighted by Gasteiger charge is 2.15. The molecule has 0 spiro atoms. The molecule has 23 heavy (non-hydrogen) atoms. The highest BCUT2D eigenvalue weighted by atomic mass is 32.1. The summed E-state index contributed by atoms with van der Waals surface area (Å²) in [5.74, 6) is 1.48. The Kier molecular flexibility index (Phi) is 4.38. The molecule has 1 atom stereocenters. The fraction of sp³-hybridized carbons (Fsp3) is 0.375. The van der Waals surface area contributed by atoms with Gasteiger partial charge in [-0.25, -0.2) is 0 Å². The first-order valence-corrected chi connectivity index (χ1v) is 7.98. The predicted octanol–water partition coefficient (Wildman–Crippen LogP) is 2.99. The van der Waals surface area contributed by atoms with Crippen LogP contribution in [0.2, 0.25) is 0 Å². The predicted molar refractivity (Wildman–Crippen MR) is 93.0 cm³/mol. The normalized spacial score (nSPS) is 13.7. The van der Waals surface area contributed by atoms with Crippen LogP contribution in [0.5, 0.6) is 11.5 Å². The van der Waals surface area contributed by atoms with Gasteiger partial charge in [0.15, 0.2) is 16.6 Å². The van der Waals surface area contributed by atoms with Crippen molar-refractivity contribution in [1.29, 1.82) is 0 Å². The second kappa shape index (κ2) is 6.45. The number of aryl methyl sites for hydroxylation is 2. The Hall–Kier alpha value is -2.28. The first kappa shape index (κ1) is 15.6. The van der Waals surface area contributed by atoms with Crippen molar-refractivity contribution in [3.05, 3.63) is 35.7 Å². The number of benzene rings is 1. The zero-order valence-electron chi connectivity index (χ0n) is 13.4. The maximum Gasteiger partial charge on any atom is 0.231 e. The zero-order chi connectivity index (χ0) is 16.4. The summed E-state index contributed by atoms with van der Waals surface area (Å²) < 4.78 is 12.6. The first-order valence-electron chi connectivity index (χ1n) is 7.58. The number of thiocarbonyl (C=S) groups is 1. The molecular weight excluding hydrogens is 312 g/mol. The van der Waals surface area contributed by atoms with Gasteiger partial charge < -0.3 is 20.1 Å². The second-order valence-corrected chi connectivity index (χ2v) is 5.82. The molecule has 0 saturated carbocycles. The van der Waals surface area contributed by atoms with Gasteiger partial charge in [0, 0.05) is 30.1 Å². The van der Waals surface area contributed by atoms with Crippen LogP contribution >= 0.6 is 12.2 Å². The molecule has 2 aromatic rings. The molecule has 2 heterocycles. The number of rotatable bonds is 4. The molecule has 1 aliphatic heterocycles. The largest absolute Gasteiger partial charge is 0.454 e. The van der Waals surface area contributed by atoms with Crippen LogP contribution < -0.4 is 20.1 Å². The van der Waals surface area contributed by atoms with Gasteiger partial charge in [0.25, 0.3) is 0 Å². The van der Waals surface area contributed by atoms with Crippen LogP contribution in [0.4, 0.5) is 5.69 Å². The van der Waals surface area contributed by atoms with E-state index in [0.29, 0.717) is 5.11 Å². The van der Waals surface area contributed by atoms with Gasteiger partial charge in [-0.05, 0) is 45.1 Å². The van der Waals surface area contributed by atoms with Crippen LogP contribution in [0.25, 0.3) is 0 Å². The second-order valence-electron chi connectivity index (χ2n) is 5.41. The highest BCUT2D eigenvalue weighted by molar-refractivity contribution is 7.80. The lowest BCUT2D eigenvalue weighted by Gasteiger charge is -2.16. The van der Waals surface area contributed by atoms with E-state index in [1.807, 2.05) is 29.8 Å². The van der Waals surface area contributed by atoms with E-state index in [9.17, 15) is 0 Å². The van der Waals surface area contributed by atoms with E-state index in [1.165, 1.54) is 0 Å². The Labute approximate surface area is 140 Å². The van der Waals surface area contributed by atoms with Crippen LogP contribution in [-0.4, -0.2) is 21.7 Å². The monoisotopic (exact) mass is 332 g/mol. The number of fused-ring (bicyclic) bond motifs is 1. The smallest absolute Gasteiger partial charge is 0.231 e. The van der Waals surface area contributed by atoms with Crippen LogP contribution in [-0.2, 0) is 6.54 Å². The van der Waals surface area contributed by atoms with Crippen LogP contribution in [0.3, 0.4) is 0 Å². The minimum Gasteiger partial charge on any atom is -0.454 e. The summed E-state index contributed by atoms with van der Waals surface area (Å²) in [5, 5.41) is 11.5. The fourth-order valence-electron chi connectivity index (χ4n) is 2.54. The van der Waals surface area contributed by atoms with Gasteiger partial charge in [0.05, 0.1) is 11.7 Å². The standard InChI is InChI=1S/C16H20N4O2S/c1-4-20-8-13(11(3)19-20)10(2)17-16(23)18-12-5-6-14-15(7-12)22-9-21-14/h5-8,10H,4,9H2,1-3H3,(H2,17,18,23)/t10-/m0/s1. The lowest BCUT2D eigenvalue weighted by atomic mass is 10.1. The summed E-state index contributed by atoms with van der Waals surface area (Å²) in [6, 6.07) is 5.73. The Morgan fingerprint density at radius 2 is 2.17 bits per heavy atom.